The van der Waals surface area contributed by atoms with E-state index in [0.717, 1.165) is 27.9 Å². The molecule has 0 aromatic heterocycles. The van der Waals surface area contributed by atoms with Crippen molar-refractivity contribution in [1.29, 1.82) is 0 Å². The number of anilines is 1. The first-order valence-corrected chi connectivity index (χ1v) is 8.58. The van der Waals surface area contributed by atoms with Crippen molar-refractivity contribution in [2.45, 2.75) is 27.7 Å². The van der Waals surface area contributed by atoms with Gasteiger partial charge in [-0.05, 0) is 56.0 Å². The number of hydrogen-bond donors (Lipinski definition) is 1. The van der Waals surface area contributed by atoms with Gasteiger partial charge in [0.15, 0.2) is 6.61 Å². The molecule has 0 radical (unpaired) electrons. The molecular weight excluding hydrogens is 328 g/mol. The molecule has 5 heteroatoms. The third-order valence-electron chi connectivity index (χ3n) is 4.43. The van der Waals surface area contributed by atoms with E-state index in [-0.39, 0.29) is 25.0 Å². The minimum Gasteiger partial charge on any atom is -0.483 e. The molecule has 0 saturated carbocycles. The van der Waals surface area contributed by atoms with E-state index in [4.69, 9.17) is 4.74 Å². The second kappa shape index (κ2) is 8.52. The van der Waals surface area contributed by atoms with Crippen LogP contribution in [0.5, 0.6) is 5.75 Å². The number of carbonyl (C=O) groups excluding carboxylic acids is 2. The van der Waals surface area contributed by atoms with Crippen LogP contribution in [-0.2, 0) is 9.59 Å². The number of hydrogen-bond acceptors (Lipinski definition) is 3. The number of nitrogens with one attached hydrogen (secondary N) is 1. The average molecular weight is 354 g/mol. The summed E-state index contributed by atoms with van der Waals surface area (Å²) in [5, 5.41) is 2.86. The van der Waals surface area contributed by atoms with E-state index in [0.29, 0.717) is 5.75 Å². The van der Waals surface area contributed by atoms with Crippen LogP contribution in [0.25, 0.3) is 0 Å². The van der Waals surface area contributed by atoms with Gasteiger partial charge in [0.05, 0.1) is 6.54 Å². The van der Waals surface area contributed by atoms with Gasteiger partial charge in [-0.15, -0.1) is 0 Å². The van der Waals surface area contributed by atoms with Crippen molar-refractivity contribution in [2.75, 3.05) is 25.5 Å². The fraction of sp³-hybridized carbons (Fsp3) is 0.333. The standard InChI is InChI=1S/C21H26N2O3/c1-14-8-7-11-18(17(14)4)22-19(24)12-23(5)20(25)13-26-21-15(2)9-6-10-16(21)3/h6-11H,12-13H2,1-5H3,(H,22,24). The lowest BCUT2D eigenvalue weighted by Gasteiger charge is -2.19. The van der Waals surface area contributed by atoms with E-state index in [2.05, 4.69) is 5.32 Å². The third-order valence-corrected chi connectivity index (χ3v) is 4.43. The summed E-state index contributed by atoms with van der Waals surface area (Å²) in [6.45, 7) is 7.70. The van der Waals surface area contributed by atoms with Crippen LogP contribution in [0.2, 0.25) is 0 Å². The van der Waals surface area contributed by atoms with Gasteiger partial charge in [-0.1, -0.05) is 30.3 Å². The van der Waals surface area contributed by atoms with Gasteiger partial charge in [-0.3, -0.25) is 9.59 Å². The Labute approximate surface area is 155 Å². The van der Waals surface area contributed by atoms with E-state index in [1.165, 1.54) is 4.90 Å². The molecule has 0 unspecified atom stereocenters. The van der Waals surface area contributed by atoms with Crippen molar-refractivity contribution < 1.29 is 14.3 Å². The van der Waals surface area contributed by atoms with E-state index in [9.17, 15) is 9.59 Å². The second-order valence-corrected chi connectivity index (χ2v) is 6.56. The van der Waals surface area contributed by atoms with Crippen molar-refractivity contribution in [3.05, 3.63) is 58.7 Å². The number of carbonyl (C=O) groups is 2. The number of rotatable bonds is 6. The zero-order valence-electron chi connectivity index (χ0n) is 16.1. The maximum atomic E-state index is 12.3. The van der Waals surface area contributed by atoms with Crippen LogP contribution in [0.4, 0.5) is 5.69 Å². The molecule has 26 heavy (non-hydrogen) atoms. The Hall–Kier alpha value is -2.82. The van der Waals surface area contributed by atoms with Crippen LogP contribution >= 0.6 is 0 Å². The van der Waals surface area contributed by atoms with Gasteiger partial charge in [0.2, 0.25) is 5.91 Å². The predicted octanol–water partition coefficient (Wildman–Crippen LogP) is 3.40. The molecule has 0 bridgehead atoms. The monoisotopic (exact) mass is 354 g/mol. The summed E-state index contributed by atoms with van der Waals surface area (Å²) in [7, 11) is 1.60. The molecule has 1 N–H and O–H groups in total. The first kappa shape index (κ1) is 19.5. The summed E-state index contributed by atoms with van der Waals surface area (Å²) in [6, 6.07) is 11.6. The molecule has 0 atom stereocenters. The molecule has 0 fully saturated rings. The summed E-state index contributed by atoms with van der Waals surface area (Å²) in [6.07, 6.45) is 0. The topological polar surface area (TPSA) is 58.6 Å². The molecule has 2 aromatic rings. The summed E-state index contributed by atoms with van der Waals surface area (Å²) < 4.78 is 5.66. The van der Waals surface area contributed by atoms with Crippen LogP contribution in [0.1, 0.15) is 22.3 Å². The van der Waals surface area contributed by atoms with Gasteiger partial charge in [0.1, 0.15) is 5.75 Å². The molecular formula is C21H26N2O3. The number of benzene rings is 2. The average Bonchev–Trinajstić information content (AvgIpc) is 2.58. The Morgan fingerprint density at radius 1 is 0.962 bits per heavy atom. The Balaban J connectivity index is 1.90. The van der Waals surface area contributed by atoms with Crippen LogP contribution in [0.15, 0.2) is 36.4 Å². The smallest absolute Gasteiger partial charge is 0.260 e. The molecule has 0 aliphatic carbocycles. The van der Waals surface area contributed by atoms with E-state index in [1.807, 2.05) is 64.1 Å². The van der Waals surface area contributed by atoms with Crippen LogP contribution in [0, 0.1) is 27.7 Å². The molecule has 0 spiro atoms. The molecule has 2 rings (SSSR count). The maximum Gasteiger partial charge on any atom is 0.260 e. The highest BCUT2D eigenvalue weighted by atomic mass is 16.5. The third kappa shape index (κ3) is 4.85. The maximum absolute atomic E-state index is 12.3. The van der Waals surface area contributed by atoms with E-state index >= 15 is 0 Å². The molecule has 0 aliphatic heterocycles. The van der Waals surface area contributed by atoms with Gasteiger partial charge in [-0.25, -0.2) is 0 Å². The highest BCUT2D eigenvalue weighted by molar-refractivity contribution is 5.95. The Morgan fingerprint density at radius 2 is 1.54 bits per heavy atom. The number of likely N-dealkylation sites (N-methyl/N-ethyl adjacent to an activating group) is 1. The lowest BCUT2D eigenvalue weighted by Crippen LogP contribution is -2.37. The normalized spacial score (nSPS) is 10.3. The van der Waals surface area contributed by atoms with Gasteiger partial charge in [0.25, 0.3) is 5.91 Å². The summed E-state index contributed by atoms with van der Waals surface area (Å²) in [5.74, 6) is 0.236. The summed E-state index contributed by atoms with van der Waals surface area (Å²) in [4.78, 5) is 25.9. The fourth-order valence-electron chi connectivity index (χ4n) is 2.65. The largest absolute Gasteiger partial charge is 0.483 e. The minimum absolute atomic E-state index is 0.0255. The van der Waals surface area contributed by atoms with Crippen LogP contribution in [0.3, 0.4) is 0 Å². The summed E-state index contributed by atoms with van der Waals surface area (Å²) in [5.41, 5.74) is 4.85. The first-order valence-electron chi connectivity index (χ1n) is 8.58. The Kier molecular flexibility index (Phi) is 6.39. The van der Waals surface area contributed by atoms with Gasteiger partial charge >= 0.3 is 0 Å². The number of aryl methyl sites for hydroxylation is 3. The van der Waals surface area contributed by atoms with Crippen molar-refractivity contribution in [3.8, 4) is 5.75 Å². The predicted molar refractivity (Wildman–Crippen MR) is 104 cm³/mol. The number of nitrogens with zero attached hydrogens (tertiary/aromatic N) is 1. The molecule has 138 valence electrons. The second-order valence-electron chi connectivity index (χ2n) is 6.56. The van der Waals surface area contributed by atoms with Crippen molar-refractivity contribution in [1.82, 2.24) is 4.90 Å². The Bertz CT molecular complexity index is 795. The number of amides is 2. The SMILES string of the molecule is Cc1cccc(NC(=O)CN(C)C(=O)COc2c(C)cccc2C)c1C. The molecule has 0 aliphatic rings. The lowest BCUT2D eigenvalue weighted by atomic mass is 10.1. The highest BCUT2D eigenvalue weighted by Crippen LogP contribution is 2.22. The number of para-hydroxylation sites is 1. The quantitative estimate of drug-likeness (QED) is 0.865. The van der Waals surface area contributed by atoms with E-state index in [1.54, 1.807) is 7.05 Å². The molecule has 0 heterocycles. The zero-order valence-corrected chi connectivity index (χ0v) is 16.1. The minimum atomic E-state index is -0.247. The zero-order chi connectivity index (χ0) is 19.3. The highest BCUT2D eigenvalue weighted by Gasteiger charge is 2.15. The van der Waals surface area contributed by atoms with E-state index < -0.39 is 0 Å². The first-order chi connectivity index (χ1) is 12.3. The van der Waals surface area contributed by atoms with Crippen LogP contribution in [-0.4, -0.2) is 36.9 Å². The molecule has 5 nitrogen and oxygen atoms in total. The molecule has 2 aromatic carbocycles. The van der Waals surface area contributed by atoms with Crippen molar-refractivity contribution in [2.24, 2.45) is 0 Å². The van der Waals surface area contributed by atoms with Gasteiger partial charge in [0, 0.05) is 12.7 Å². The molecule has 0 saturated heterocycles. The Morgan fingerprint density at radius 3 is 2.19 bits per heavy atom. The van der Waals surface area contributed by atoms with Crippen molar-refractivity contribution >= 4 is 17.5 Å². The fourth-order valence-corrected chi connectivity index (χ4v) is 2.65. The van der Waals surface area contributed by atoms with Crippen LogP contribution < -0.4 is 10.1 Å². The van der Waals surface area contributed by atoms with Gasteiger partial charge in [-0.2, -0.15) is 0 Å². The van der Waals surface area contributed by atoms with Crippen molar-refractivity contribution in [3.63, 3.8) is 0 Å². The lowest BCUT2D eigenvalue weighted by molar-refractivity contribution is -0.135. The summed E-state index contributed by atoms with van der Waals surface area (Å²) >= 11 is 0. The molecule has 2 amide bonds. The van der Waals surface area contributed by atoms with Gasteiger partial charge < -0.3 is 15.0 Å². The number of ether oxygens (including phenoxy) is 1.